The van der Waals surface area contributed by atoms with Gasteiger partial charge in [0, 0.05) is 12.7 Å². The number of pyridine rings is 1. The third-order valence-corrected chi connectivity index (χ3v) is 4.63. The van der Waals surface area contributed by atoms with Gasteiger partial charge >= 0.3 is 5.97 Å². The molecule has 1 aromatic heterocycles. The molecule has 2 aromatic rings. The van der Waals surface area contributed by atoms with Crippen LogP contribution >= 0.6 is 0 Å². The number of nitrogens with zero attached hydrogens (tertiary/aromatic N) is 2. The van der Waals surface area contributed by atoms with Crippen molar-refractivity contribution in [2.24, 2.45) is 0 Å². The van der Waals surface area contributed by atoms with Gasteiger partial charge in [-0.3, -0.25) is 9.78 Å². The Morgan fingerprint density at radius 1 is 1.16 bits per heavy atom. The van der Waals surface area contributed by atoms with E-state index >= 15 is 0 Å². The highest BCUT2D eigenvalue weighted by molar-refractivity contribution is 5.95. The molecule has 1 atom stereocenters. The standard InChI is InChI=1S/C20H22N2O3/c1-20(2,3)14-8-9-16(21-12-14)18(23)22-11-10-13-6-4-5-7-15(13)17(22)19(24)25/h4-9,12,17H,10-11H2,1-3H3,(H,24,25). The highest BCUT2D eigenvalue weighted by Crippen LogP contribution is 2.31. The highest BCUT2D eigenvalue weighted by atomic mass is 16.4. The first-order chi connectivity index (χ1) is 11.8. The second-order valence-corrected chi connectivity index (χ2v) is 7.37. The Bertz CT molecular complexity index is 806. The lowest BCUT2D eigenvalue weighted by atomic mass is 9.88. The fraction of sp³-hybridized carbons (Fsp3) is 0.350. The minimum Gasteiger partial charge on any atom is -0.479 e. The first-order valence-corrected chi connectivity index (χ1v) is 8.37. The number of benzene rings is 1. The van der Waals surface area contributed by atoms with Gasteiger partial charge in [-0.1, -0.05) is 51.1 Å². The van der Waals surface area contributed by atoms with Crippen molar-refractivity contribution in [3.8, 4) is 0 Å². The number of fused-ring (bicyclic) bond motifs is 1. The Kier molecular flexibility index (Phi) is 4.33. The molecule has 0 bridgehead atoms. The summed E-state index contributed by atoms with van der Waals surface area (Å²) in [5.74, 6) is -1.37. The molecule has 1 amide bonds. The van der Waals surface area contributed by atoms with Crippen LogP contribution in [0, 0.1) is 0 Å². The van der Waals surface area contributed by atoms with E-state index in [0.717, 1.165) is 11.1 Å². The number of amides is 1. The fourth-order valence-corrected chi connectivity index (χ4v) is 3.16. The molecule has 1 N–H and O–H groups in total. The lowest BCUT2D eigenvalue weighted by Gasteiger charge is -2.34. The van der Waals surface area contributed by atoms with Crippen molar-refractivity contribution >= 4 is 11.9 Å². The van der Waals surface area contributed by atoms with E-state index in [4.69, 9.17) is 0 Å². The van der Waals surface area contributed by atoms with Gasteiger partial charge in [0.2, 0.25) is 0 Å². The molecule has 5 heteroatoms. The number of aliphatic carboxylic acids is 1. The van der Waals surface area contributed by atoms with E-state index in [0.29, 0.717) is 18.5 Å². The first kappa shape index (κ1) is 17.1. The van der Waals surface area contributed by atoms with Crippen LogP contribution in [0.4, 0.5) is 0 Å². The van der Waals surface area contributed by atoms with Crippen LogP contribution in [-0.4, -0.2) is 33.4 Å². The van der Waals surface area contributed by atoms with E-state index in [1.54, 1.807) is 24.4 Å². The fourth-order valence-electron chi connectivity index (χ4n) is 3.16. The predicted octanol–water partition coefficient (Wildman–Crippen LogP) is 3.20. The monoisotopic (exact) mass is 338 g/mol. The summed E-state index contributed by atoms with van der Waals surface area (Å²) in [5, 5.41) is 9.69. The zero-order valence-electron chi connectivity index (χ0n) is 14.7. The lowest BCUT2D eigenvalue weighted by molar-refractivity contribution is -0.143. The zero-order valence-corrected chi connectivity index (χ0v) is 14.7. The molecule has 3 rings (SSSR count). The Balaban J connectivity index is 1.93. The number of hydrogen-bond acceptors (Lipinski definition) is 3. The summed E-state index contributed by atoms with van der Waals surface area (Å²) < 4.78 is 0. The van der Waals surface area contributed by atoms with Crippen molar-refractivity contribution in [1.82, 2.24) is 9.88 Å². The Labute approximate surface area is 147 Å². The number of carboxylic acids is 1. The number of aromatic nitrogens is 1. The molecule has 0 aliphatic carbocycles. The van der Waals surface area contributed by atoms with Crippen LogP contribution < -0.4 is 0 Å². The van der Waals surface area contributed by atoms with Crippen molar-refractivity contribution < 1.29 is 14.7 Å². The topological polar surface area (TPSA) is 70.5 Å². The maximum Gasteiger partial charge on any atom is 0.331 e. The van der Waals surface area contributed by atoms with E-state index in [1.807, 2.05) is 18.2 Å². The third-order valence-electron chi connectivity index (χ3n) is 4.63. The predicted molar refractivity (Wildman–Crippen MR) is 94.5 cm³/mol. The second kappa shape index (κ2) is 6.31. The van der Waals surface area contributed by atoms with Crippen LogP contribution in [0.5, 0.6) is 0 Å². The van der Waals surface area contributed by atoms with E-state index < -0.39 is 12.0 Å². The average Bonchev–Trinajstić information content (AvgIpc) is 2.59. The molecule has 1 aliphatic rings. The number of carbonyl (C=O) groups excluding carboxylic acids is 1. The zero-order chi connectivity index (χ0) is 18.2. The number of hydrogen-bond donors (Lipinski definition) is 1. The molecule has 0 spiro atoms. The van der Waals surface area contributed by atoms with Crippen LogP contribution in [0.3, 0.4) is 0 Å². The Hall–Kier alpha value is -2.69. The molecule has 5 nitrogen and oxygen atoms in total. The van der Waals surface area contributed by atoms with Crippen molar-refractivity contribution in [3.63, 3.8) is 0 Å². The molecule has 1 aromatic carbocycles. The number of rotatable bonds is 2. The average molecular weight is 338 g/mol. The summed E-state index contributed by atoms with van der Waals surface area (Å²) >= 11 is 0. The van der Waals surface area contributed by atoms with Gasteiger partial charge in [-0.15, -0.1) is 0 Å². The molecule has 25 heavy (non-hydrogen) atoms. The quantitative estimate of drug-likeness (QED) is 0.913. The van der Waals surface area contributed by atoms with Gasteiger partial charge in [0.1, 0.15) is 5.69 Å². The van der Waals surface area contributed by atoms with Gasteiger partial charge in [-0.05, 0) is 34.6 Å². The first-order valence-electron chi connectivity index (χ1n) is 8.37. The number of carboxylic acid groups (broad SMARTS) is 1. The number of carbonyl (C=O) groups is 2. The van der Waals surface area contributed by atoms with Crippen molar-refractivity contribution in [2.45, 2.75) is 38.6 Å². The smallest absolute Gasteiger partial charge is 0.331 e. The van der Waals surface area contributed by atoms with Gasteiger partial charge in [-0.2, -0.15) is 0 Å². The van der Waals surface area contributed by atoms with Gasteiger partial charge in [0.15, 0.2) is 6.04 Å². The molecule has 1 unspecified atom stereocenters. The molecule has 2 heterocycles. The normalized spacial score (nSPS) is 17.1. The molecule has 1 aliphatic heterocycles. The molecular formula is C20H22N2O3. The molecule has 0 fully saturated rings. The molecule has 0 saturated heterocycles. The summed E-state index contributed by atoms with van der Waals surface area (Å²) in [7, 11) is 0. The Morgan fingerprint density at radius 3 is 2.48 bits per heavy atom. The van der Waals surface area contributed by atoms with Crippen LogP contribution in [0.15, 0.2) is 42.6 Å². The van der Waals surface area contributed by atoms with Gasteiger partial charge in [-0.25, -0.2) is 4.79 Å². The summed E-state index contributed by atoms with van der Waals surface area (Å²) in [4.78, 5) is 30.4. The minimum atomic E-state index is -1.02. The summed E-state index contributed by atoms with van der Waals surface area (Å²) in [6.45, 7) is 6.60. The van der Waals surface area contributed by atoms with Crippen molar-refractivity contribution in [3.05, 3.63) is 65.0 Å². The van der Waals surface area contributed by atoms with Crippen molar-refractivity contribution in [1.29, 1.82) is 0 Å². The second-order valence-electron chi connectivity index (χ2n) is 7.37. The maximum absolute atomic E-state index is 12.9. The van der Waals surface area contributed by atoms with Crippen molar-refractivity contribution in [2.75, 3.05) is 6.54 Å². The maximum atomic E-state index is 12.9. The van der Waals surface area contributed by atoms with E-state index in [9.17, 15) is 14.7 Å². The van der Waals surface area contributed by atoms with Crippen LogP contribution in [0.1, 0.15) is 54.0 Å². The molecular weight excluding hydrogens is 316 g/mol. The van der Waals surface area contributed by atoms with Crippen LogP contribution in [-0.2, 0) is 16.6 Å². The SMILES string of the molecule is CC(C)(C)c1ccc(C(=O)N2CCc3ccccc3C2C(=O)O)nc1. The van der Waals surface area contributed by atoms with E-state index in [1.165, 1.54) is 4.90 Å². The van der Waals surface area contributed by atoms with Gasteiger partial charge in [0.25, 0.3) is 5.91 Å². The van der Waals surface area contributed by atoms with Crippen LogP contribution in [0.2, 0.25) is 0 Å². The molecule has 0 radical (unpaired) electrons. The van der Waals surface area contributed by atoms with E-state index in [-0.39, 0.29) is 17.0 Å². The highest BCUT2D eigenvalue weighted by Gasteiger charge is 2.36. The summed E-state index contributed by atoms with van der Waals surface area (Å²) in [6, 6.07) is 9.99. The van der Waals surface area contributed by atoms with Crippen LogP contribution in [0.25, 0.3) is 0 Å². The van der Waals surface area contributed by atoms with E-state index in [2.05, 4.69) is 25.8 Å². The third kappa shape index (κ3) is 3.27. The minimum absolute atomic E-state index is 0.0533. The Morgan fingerprint density at radius 2 is 1.88 bits per heavy atom. The molecule has 130 valence electrons. The largest absolute Gasteiger partial charge is 0.479 e. The van der Waals surface area contributed by atoms with Gasteiger partial charge in [0.05, 0.1) is 0 Å². The summed E-state index contributed by atoms with van der Waals surface area (Å²) in [5.41, 5.74) is 2.92. The summed E-state index contributed by atoms with van der Waals surface area (Å²) in [6.07, 6.45) is 2.34. The molecule has 0 saturated carbocycles. The van der Waals surface area contributed by atoms with Gasteiger partial charge < -0.3 is 10.0 Å². The lowest BCUT2D eigenvalue weighted by Crippen LogP contribution is -2.43.